The third-order valence-corrected chi connectivity index (χ3v) is 1.37. The maximum Gasteiger partial charge on any atom is 0.433 e. The molecule has 1 aromatic rings. The number of hydrogen-bond acceptors (Lipinski definition) is 1. The SMILES string of the molecule is Fc1cc(C(F)(F)F)nc(C(F)(F)F)c1. The summed E-state index contributed by atoms with van der Waals surface area (Å²) in [5, 5.41) is 0. The lowest BCUT2D eigenvalue weighted by Gasteiger charge is -2.10. The van der Waals surface area contributed by atoms with Gasteiger partial charge < -0.3 is 0 Å². The molecule has 0 bridgehead atoms. The van der Waals surface area contributed by atoms with Gasteiger partial charge in [-0.3, -0.25) is 0 Å². The number of nitrogens with zero attached hydrogens (tertiary/aromatic N) is 1. The molecule has 0 aliphatic rings. The number of aromatic nitrogens is 1. The molecule has 0 radical (unpaired) electrons. The van der Waals surface area contributed by atoms with Crippen LogP contribution in [0.2, 0.25) is 0 Å². The van der Waals surface area contributed by atoms with Crippen LogP contribution in [0.1, 0.15) is 11.4 Å². The lowest BCUT2D eigenvalue weighted by atomic mass is 10.3. The first-order valence-electron chi connectivity index (χ1n) is 3.42. The van der Waals surface area contributed by atoms with Gasteiger partial charge in [-0.25, -0.2) is 9.37 Å². The van der Waals surface area contributed by atoms with Crippen molar-refractivity contribution in [2.45, 2.75) is 12.4 Å². The van der Waals surface area contributed by atoms with E-state index in [0.29, 0.717) is 0 Å². The summed E-state index contributed by atoms with van der Waals surface area (Å²) in [4.78, 5) is 2.29. The molecule has 0 N–H and O–H groups in total. The molecular weight excluding hydrogens is 231 g/mol. The molecule has 0 aromatic carbocycles. The maximum absolute atomic E-state index is 12.4. The summed E-state index contributed by atoms with van der Waals surface area (Å²) in [6.07, 6.45) is -10.2. The van der Waals surface area contributed by atoms with Crippen LogP contribution in [0.15, 0.2) is 12.1 Å². The van der Waals surface area contributed by atoms with E-state index in [4.69, 9.17) is 0 Å². The van der Waals surface area contributed by atoms with Crippen LogP contribution >= 0.6 is 0 Å². The summed E-state index contributed by atoms with van der Waals surface area (Å²) in [5.41, 5.74) is -3.82. The van der Waals surface area contributed by atoms with Crippen molar-refractivity contribution in [3.8, 4) is 0 Å². The van der Waals surface area contributed by atoms with Crippen molar-refractivity contribution in [2.75, 3.05) is 0 Å². The van der Waals surface area contributed by atoms with E-state index < -0.39 is 29.6 Å². The molecular formula is C7H2F7N. The van der Waals surface area contributed by atoms with E-state index in [-0.39, 0.29) is 12.1 Å². The Morgan fingerprint density at radius 2 is 1.13 bits per heavy atom. The molecule has 0 saturated heterocycles. The van der Waals surface area contributed by atoms with Crippen molar-refractivity contribution < 1.29 is 30.7 Å². The molecule has 0 atom stereocenters. The highest BCUT2D eigenvalue weighted by Gasteiger charge is 2.38. The average molecular weight is 233 g/mol. The number of hydrogen-bond donors (Lipinski definition) is 0. The molecule has 1 heterocycles. The molecule has 0 amide bonds. The standard InChI is InChI=1S/C7H2F7N/c8-3-1-4(6(9,10)11)15-5(2-3)7(12,13)14/h1-2H. The van der Waals surface area contributed by atoms with Crippen molar-refractivity contribution in [1.29, 1.82) is 0 Å². The van der Waals surface area contributed by atoms with Gasteiger partial charge in [0.1, 0.15) is 17.2 Å². The van der Waals surface area contributed by atoms with Crippen LogP contribution in [-0.2, 0) is 12.4 Å². The number of pyridine rings is 1. The van der Waals surface area contributed by atoms with Crippen LogP contribution < -0.4 is 0 Å². The molecule has 84 valence electrons. The Bertz CT molecular complexity index is 332. The Morgan fingerprint density at radius 3 is 1.40 bits per heavy atom. The van der Waals surface area contributed by atoms with E-state index in [2.05, 4.69) is 4.98 Å². The fraction of sp³-hybridized carbons (Fsp3) is 0.286. The molecule has 0 aliphatic carbocycles. The third kappa shape index (κ3) is 2.80. The van der Waals surface area contributed by atoms with Gasteiger partial charge in [0.05, 0.1) is 0 Å². The zero-order valence-corrected chi connectivity index (χ0v) is 6.75. The van der Waals surface area contributed by atoms with Crippen molar-refractivity contribution in [1.82, 2.24) is 4.98 Å². The van der Waals surface area contributed by atoms with E-state index in [1.165, 1.54) is 0 Å². The molecule has 0 spiro atoms. The Morgan fingerprint density at radius 1 is 0.800 bits per heavy atom. The fourth-order valence-electron chi connectivity index (χ4n) is 0.788. The van der Waals surface area contributed by atoms with Crippen LogP contribution in [0, 0.1) is 5.82 Å². The van der Waals surface area contributed by atoms with Crippen LogP contribution in [-0.4, -0.2) is 4.98 Å². The zero-order chi connectivity index (χ0) is 11.9. The van der Waals surface area contributed by atoms with Gasteiger partial charge in [-0.15, -0.1) is 0 Å². The highest BCUT2D eigenvalue weighted by atomic mass is 19.4. The normalized spacial score (nSPS) is 13.0. The van der Waals surface area contributed by atoms with Crippen molar-refractivity contribution in [3.63, 3.8) is 0 Å². The number of alkyl halides is 6. The Kier molecular flexibility index (Phi) is 2.62. The van der Waals surface area contributed by atoms with Gasteiger partial charge >= 0.3 is 12.4 Å². The van der Waals surface area contributed by atoms with E-state index >= 15 is 0 Å². The second kappa shape index (κ2) is 3.35. The van der Waals surface area contributed by atoms with Gasteiger partial charge in [-0.05, 0) is 0 Å². The van der Waals surface area contributed by atoms with E-state index in [9.17, 15) is 30.7 Å². The first-order valence-corrected chi connectivity index (χ1v) is 3.42. The highest BCUT2D eigenvalue weighted by molar-refractivity contribution is 5.17. The van der Waals surface area contributed by atoms with Crippen LogP contribution in [0.5, 0.6) is 0 Å². The van der Waals surface area contributed by atoms with E-state index in [1.807, 2.05) is 0 Å². The summed E-state index contributed by atoms with van der Waals surface area (Å²) in [7, 11) is 0. The summed E-state index contributed by atoms with van der Waals surface area (Å²) in [5.74, 6) is -1.63. The first kappa shape index (κ1) is 11.7. The smallest absolute Gasteiger partial charge is 0.239 e. The fourth-order valence-corrected chi connectivity index (χ4v) is 0.788. The second-order valence-electron chi connectivity index (χ2n) is 2.55. The van der Waals surface area contributed by atoms with Gasteiger partial charge in [-0.1, -0.05) is 0 Å². The van der Waals surface area contributed by atoms with Crippen molar-refractivity contribution in [3.05, 3.63) is 29.3 Å². The molecule has 0 unspecified atom stereocenters. The predicted octanol–water partition coefficient (Wildman–Crippen LogP) is 3.26. The van der Waals surface area contributed by atoms with Crippen LogP contribution in [0.25, 0.3) is 0 Å². The molecule has 1 aromatic heterocycles. The van der Waals surface area contributed by atoms with Crippen molar-refractivity contribution in [2.24, 2.45) is 0 Å². The Balaban J connectivity index is 3.30. The maximum atomic E-state index is 12.4. The lowest BCUT2D eigenvalue weighted by Crippen LogP contribution is -2.15. The summed E-state index contributed by atoms with van der Waals surface area (Å²) < 4.78 is 84.1. The Hall–Kier alpha value is -1.34. The molecule has 15 heavy (non-hydrogen) atoms. The van der Waals surface area contributed by atoms with E-state index in [1.54, 1.807) is 0 Å². The predicted molar refractivity (Wildman–Crippen MR) is 34.2 cm³/mol. The summed E-state index contributed by atoms with van der Waals surface area (Å²) >= 11 is 0. The molecule has 1 rings (SSSR count). The van der Waals surface area contributed by atoms with Crippen LogP contribution in [0.3, 0.4) is 0 Å². The molecule has 0 fully saturated rings. The number of rotatable bonds is 0. The van der Waals surface area contributed by atoms with Gasteiger partial charge in [0.15, 0.2) is 0 Å². The van der Waals surface area contributed by atoms with Gasteiger partial charge in [0.25, 0.3) is 0 Å². The summed E-state index contributed by atoms with van der Waals surface area (Å²) in [6, 6.07) is -0.204. The zero-order valence-electron chi connectivity index (χ0n) is 6.75. The summed E-state index contributed by atoms with van der Waals surface area (Å²) in [6.45, 7) is 0. The first-order chi connectivity index (χ1) is 6.60. The second-order valence-corrected chi connectivity index (χ2v) is 2.55. The largest absolute Gasteiger partial charge is 0.433 e. The minimum Gasteiger partial charge on any atom is -0.239 e. The monoisotopic (exact) mass is 233 g/mol. The topological polar surface area (TPSA) is 12.9 Å². The van der Waals surface area contributed by atoms with E-state index in [0.717, 1.165) is 0 Å². The Labute approximate surface area is 78.5 Å². The average Bonchev–Trinajstić information content (AvgIpc) is 1.99. The van der Waals surface area contributed by atoms with Gasteiger partial charge in [0, 0.05) is 12.1 Å². The minimum atomic E-state index is -5.11. The third-order valence-electron chi connectivity index (χ3n) is 1.37. The van der Waals surface area contributed by atoms with Gasteiger partial charge in [0.2, 0.25) is 0 Å². The highest BCUT2D eigenvalue weighted by Crippen LogP contribution is 2.33. The van der Waals surface area contributed by atoms with Crippen LogP contribution in [0.4, 0.5) is 30.7 Å². The minimum absolute atomic E-state index is 0.102. The molecule has 0 saturated carbocycles. The van der Waals surface area contributed by atoms with Gasteiger partial charge in [-0.2, -0.15) is 26.3 Å². The molecule has 0 aliphatic heterocycles. The van der Waals surface area contributed by atoms with Crippen molar-refractivity contribution >= 4 is 0 Å². The number of halogens is 7. The lowest BCUT2D eigenvalue weighted by molar-refractivity contribution is -0.150. The molecule has 8 heteroatoms. The molecule has 1 nitrogen and oxygen atoms in total. The quantitative estimate of drug-likeness (QED) is 0.626.